The maximum Gasteiger partial charge on any atom is 0.406 e. The molecule has 0 aliphatic rings. The minimum atomic E-state index is -4.69. The third-order valence-corrected chi connectivity index (χ3v) is 2.22. The second-order valence-electron chi connectivity index (χ2n) is 3.96. The molecule has 0 aliphatic heterocycles. The van der Waals surface area contributed by atoms with Crippen molar-refractivity contribution >= 4 is 11.9 Å². The van der Waals surface area contributed by atoms with E-state index in [1.807, 2.05) is 0 Å². The molecule has 0 aliphatic carbocycles. The molecule has 0 atom stereocenters. The molecule has 1 rings (SSSR count). The van der Waals surface area contributed by atoms with Crippen LogP contribution in [0, 0.1) is 0 Å². The highest BCUT2D eigenvalue weighted by atomic mass is 19.4. The Balaban J connectivity index is 2.88. The number of nitrogens with two attached hydrogens (primary N) is 1. The van der Waals surface area contributed by atoms with Gasteiger partial charge in [-0.3, -0.25) is 9.59 Å². The number of amides is 1. The molecule has 112 valence electrons. The van der Waals surface area contributed by atoms with E-state index >= 15 is 0 Å². The summed E-state index contributed by atoms with van der Waals surface area (Å²) in [6.07, 6.45) is -2.22. The molecule has 1 aromatic heterocycles. The van der Waals surface area contributed by atoms with Crippen LogP contribution in [0.3, 0.4) is 0 Å². The predicted molar refractivity (Wildman–Crippen MR) is 60.9 cm³/mol. The summed E-state index contributed by atoms with van der Waals surface area (Å²) >= 11 is 0. The fourth-order valence-corrected chi connectivity index (χ4v) is 1.48. The number of imidazole rings is 1. The SMILES string of the molecule is NCCn1cnc(C(=O)N(CC(=O)O)CC(F)(F)F)c1. The van der Waals surface area contributed by atoms with Gasteiger partial charge in [-0.05, 0) is 0 Å². The topological polar surface area (TPSA) is 101 Å². The number of aromatic nitrogens is 2. The number of hydrogen-bond donors (Lipinski definition) is 2. The lowest BCUT2D eigenvalue weighted by molar-refractivity contribution is -0.149. The Labute approximate surface area is 111 Å². The van der Waals surface area contributed by atoms with E-state index in [-0.39, 0.29) is 17.1 Å². The third kappa shape index (κ3) is 4.88. The number of rotatable bonds is 6. The summed E-state index contributed by atoms with van der Waals surface area (Å²) in [5.74, 6) is -2.63. The van der Waals surface area contributed by atoms with Crippen LogP contribution in [0.4, 0.5) is 13.2 Å². The van der Waals surface area contributed by atoms with Gasteiger partial charge >= 0.3 is 12.1 Å². The Morgan fingerprint density at radius 1 is 1.45 bits per heavy atom. The molecule has 0 saturated carbocycles. The van der Waals surface area contributed by atoms with Crippen molar-refractivity contribution < 1.29 is 27.9 Å². The minimum absolute atomic E-state index is 0.178. The van der Waals surface area contributed by atoms with Crippen molar-refractivity contribution in [2.24, 2.45) is 5.73 Å². The average Bonchev–Trinajstić information content (AvgIpc) is 2.73. The van der Waals surface area contributed by atoms with Gasteiger partial charge in [0, 0.05) is 19.3 Å². The van der Waals surface area contributed by atoms with Gasteiger partial charge in [0.05, 0.1) is 6.33 Å². The van der Waals surface area contributed by atoms with Gasteiger partial charge in [-0.2, -0.15) is 13.2 Å². The van der Waals surface area contributed by atoms with E-state index in [0.29, 0.717) is 6.54 Å². The number of carbonyl (C=O) groups is 2. The van der Waals surface area contributed by atoms with Crippen LogP contribution in [0.25, 0.3) is 0 Å². The predicted octanol–water partition coefficient (Wildman–Crippen LogP) is -0.0691. The van der Waals surface area contributed by atoms with Crippen molar-refractivity contribution in [3.63, 3.8) is 0 Å². The highest BCUT2D eigenvalue weighted by Crippen LogP contribution is 2.17. The number of carboxylic acid groups (broad SMARTS) is 1. The van der Waals surface area contributed by atoms with Gasteiger partial charge < -0.3 is 20.3 Å². The van der Waals surface area contributed by atoms with Crippen LogP contribution in [0.2, 0.25) is 0 Å². The first-order chi connectivity index (χ1) is 9.23. The van der Waals surface area contributed by atoms with Gasteiger partial charge in [-0.15, -0.1) is 0 Å². The van der Waals surface area contributed by atoms with E-state index in [1.165, 1.54) is 17.1 Å². The van der Waals surface area contributed by atoms with Crippen molar-refractivity contribution in [2.45, 2.75) is 12.7 Å². The normalized spacial score (nSPS) is 11.4. The molecule has 0 saturated heterocycles. The largest absolute Gasteiger partial charge is 0.480 e. The summed E-state index contributed by atoms with van der Waals surface area (Å²) in [4.78, 5) is 26.2. The Bertz CT molecular complexity index is 486. The van der Waals surface area contributed by atoms with E-state index in [4.69, 9.17) is 10.8 Å². The third-order valence-electron chi connectivity index (χ3n) is 2.22. The molecule has 20 heavy (non-hydrogen) atoms. The van der Waals surface area contributed by atoms with E-state index < -0.39 is 31.1 Å². The van der Waals surface area contributed by atoms with E-state index in [9.17, 15) is 22.8 Å². The summed E-state index contributed by atoms with van der Waals surface area (Å²) < 4.78 is 38.4. The van der Waals surface area contributed by atoms with Crippen molar-refractivity contribution in [1.29, 1.82) is 0 Å². The first kappa shape index (κ1) is 16.0. The van der Waals surface area contributed by atoms with Crippen LogP contribution in [0.5, 0.6) is 0 Å². The molecule has 0 radical (unpaired) electrons. The fourth-order valence-electron chi connectivity index (χ4n) is 1.48. The molecule has 1 heterocycles. The van der Waals surface area contributed by atoms with Crippen LogP contribution in [0.1, 0.15) is 10.5 Å². The Hall–Kier alpha value is -2.10. The smallest absolute Gasteiger partial charge is 0.406 e. The van der Waals surface area contributed by atoms with Crippen molar-refractivity contribution in [1.82, 2.24) is 14.5 Å². The van der Waals surface area contributed by atoms with Gasteiger partial charge in [0.25, 0.3) is 5.91 Å². The molecule has 3 N–H and O–H groups in total. The second-order valence-corrected chi connectivity index (χ2v) is 3.96. The molecular formula is C10H13F3N4O3. The quantitative estimate of drug-likeness (QED) is 0.765. The van der Waals surface area contributed by atoms with Crippen LogP contribution in [0.15, 0.2) is 12.5 Å². The lowest BCUT2D eigenvalue weighted by Gasteiger charge is -2.21. The fraction of sp³-hybridized carbons (Fsp3) is 0.500. The minimum Gasteiger partial charge on any atom is -0.480 e. The zero-order valence-corrected chi connectivity index (χ0v) is 10.3. The van der Waals surface area contributed by atoms with Gasteiger partial charge in [-0.1, -0.05) is 0 Å². The molecule has 0 bridgehead atoms. The molecule has 7 nitrogen and oxygen atoms in total. The number of carboxylic acids is 1. The van der Waals surface area contributed by atoms with Crippen LogP contribution >= 0.6 is 0 Å². The van der Waals surface area contributed by atoms with Crippen LogP contribution in [-0.4, -0.2) is 57.2 Å². The first-order valence-corrected chi connectivity index (χ1v) is 5.52. The summed E-state index contributed by atoms with van der Waals surface area (Å²) in [5.41, 5.74) is 5.02. The van der Waals surface area contributed by atoms with E-state index in [0.717, 1.165) is 0 Å². The van der Waals surface area contributed by atoms with Crippen molar-refractivity contribution in [2.75, 3.05) is 19.6 Å². The maximum absolute atomic E-state index is 12.3. The summed E-state index contributed by atoms with van der Waals surface area (Å²) in [6, 6.07) is 0. The highest BCUT2D eigenvalue weighted by Gasteiger charge is 2.34. The van der Waals surface area contributed by atoms with Gasteiger partial charge in [0.1, 0.15) is 18.8 Å². The van der Waals surface area contributed by atoms with Gasteiger partial charge in [0.15, 0.2) is 0 Å². The number of halogens is 3. The number of carbonyl (C=O) groups excluding carboxylic acids is 1. The standard InChI is InChI=1S/C10H13F3N4O3/c11-10(12,13)5-17(4-8(18)19)9(20)7-3-16(2-1-14)6-15-7/h3,6H,1-2,4-5,14H2,(H,18,19). The molecule has 10 heteroatoms. The average molecular weight is 294 g/mol. The second kappa shape index (κ2) is 6.37. The zero-order valence-electron chi connectivity index (χ0n) is 10.3. The highest BCUT2D eigenvalue weighted by molar-refractivity contribution is 5.94. The molecule has 1 aromatic rings. The summed E-state index contributed by atoms with van der Waals surface area (Å²) in [7, 11) is 0. The summed E-state index contributed by atoms with van der Waals surface area (Å²) in [6.45, 7) is -2.09. The molecule has 0 aromatic carbocycles. The van der Waals surface area contributed by atoms with Crippen molar-refractivity contribution in [3.05, 3.63) is 18.2 Å². The monoisotopic (exact) mass is 294 g/mol. The van der Waals surface area contributed by atoms with E-state index in [2.05, 4.69) is 4.98 Å². The molecular weight excluding hydrogens is 281 g/mol. The number of alkyl halides is 3. The lowest BCUT2D eigenvalue weighted by Crippen LogP contribution is -2.42. The van der Waals surface area contributed by atoms with Gasteiger partial charge in [-0.25, -0.2) is 4.98 Å². The molecule has 0 unspecified atom stereocenters. The maximum atomic E-state index is 12.3. The number of aliphatic carboxylic acids is 1. The summed E-state index contributed by atoms with van der Waals surface area (Å²) in [5, 5.41) is 8.56. The van der Waals surface area contributed by atoms with Crippen LogP contribution < -0.4 is 5.73 Å². The lowest BCUT2D eigenvalue weighted by atomic mass is 10.3. The molecule has 0 spiro atoms. The Morgan fingerprint density at radius 3 is 2.60 bits per heavy atom. The molecule has 0 fully saturated rings. The van der Waals surface area contributed by atoms with E-state index in [1.54, 1.807) is 0 Å². The van der Waals surface area contributed by atoms with Crippen LogP contribution in [-0.2, 0) is 11.3 Å². The Morgan fingerprint density at radius 2 is 2.10 bits per heavy atom. The number of hydrogen-bond acceptors (Lipinski definition) is 4. The first-order valence-electron chi connectivity index (χ1n) is 5.52. The molecule has 1 amide bonds. The van der Waals surface area contributed by atoms with Crippen molar-refractivity contribution in [3.8, 4) is 0 Å². The Kier molecular flexibility index (Phi) is 5.08. The van der Waals surface area contributed by atoms with Gasteiger partial charge in [0.2, 0.25) is 0 Å². The zero-order chi connectivity index (χ0) is 15.3. The number of nitrogens with zero attached hydrogens (tertiary/aromatic N) is 3.